The summed E-state index contributed by atoms with van der Waals surface area (Å²) in [6, 6.07) is 10.6. The van der Waals surface area contributed by atoms with Crippen molar-refractivity contribution < 1.29 is 8.42 Å². The summed E-state index contributed by atoms with van der Waals surface area (Å²) >= 11 is 0. The lowest BCUT2D eigenvalue weighted by atomic mass is 9.98. The lowest BCUT2D eigenvalue weighted by molar-refractivity contribution is 0.273. The van der Waals surface area contributed by atoms with Crippen LogP contribution in [0.1, 0.15) is 25.5 Å². The monoisotopic (exact) mass is 546 g/mol. The summed E-state index contributed by atoms with van der Waals surface area (Å²) in [5.74, 6) is 1.19. The van der Waals surface area contributed by atoms with E-state index >= 15 is 0 Å². The van der Waals surface area contributed by atoms with Gasteiger partial charge >= 0.3 is 0 Å². The Kier molecular flexibility index (Phi) is 9.56. The molecule has 1 aliphatic rings. The molecule has 8 nitrogen and oxygen atoms in total. The fourth-order valence-electron chi connectivity index (χ4n) is 3.39. The van der Waals surface area contributed by atoms with Gasteiger partial charge in [-0.1, -0.05) is 18.2 Å². The number of sulfonamides is 1. The fraction of sp³-hybridized carbons (Fsp3) is 0.500. The van der Waals surface area contributed by atoms with Crippen LogP contribution in [0, 0.1) is 5.92 Å². The van der Waals surface area contributed by atoms with Crippen LogP contribution in [0.4, 0.5) is 0 Å². The van der Waals surface area contributed by atoms with Crippen LogP contribution in [0.2, 0.25) is 0 Å². The second-order valence-electron chi connectivity index (χ2n) is 7.18. The molecular formula is C20H31IN6O2S. The zero-order valence-electron chi connectivity index (χ0n) is 17.5. The number of hydrogen-bond acceptors (Lipinski definition) is 4. The summed E-state index contributed by atoms with van der Waals surface area (Å²) < 4.78 is 28.9. The van der Waals surface area contributed by atoms with Crippen LogP contribution in [-0.4, -0.2) is 54.6 Å². The summed E-state index contributed by atoms with van der Waals surface area (Å²) in [6.07, 6.45) is 3.43. The number of aromatic nitrogens is 2. The predicted octanol–water partition coefficient (Wildman–Crippen LogP) is 2.19. The zero-order chi connectivity index (χ0) is 20.7. The highest BCUT2D eigenvalue weighted by Crippen LogP contribution is 2.23. The molecule has 3 rings (SSSR count). The van der Waals surface area contributed by atoms with Crippen molar-refractivity contribution in [3.05, 3.63) is 48.3 Å². The van der Waals surface area contributed by atoms with Gasteiger partial charge in [0.05, 0.1) is 17.1 Å². The number of nitrogens with zero attached hydrogens (tertiary/aromatic N) is 4. The molecule has 2 aromatic rings. The Morgan fingerprint density at radius 1 is 1.17 bits per heavy atom. The Morgan fingerprint density at radius 2 is 1.87 bits per heavy atom. The third-order valence-electron chi connectivity index (χ3n) is 5.18. The number of piperidine rings is 1. The second-order valence-corrected chi connectivity index (χ2v) is 9.12. The number of guanidine groups is 1. The summed E-state index contributed by atoms with van der Waals surface area (Å²) in [7, 11) is -1.49. The highest BCUT2D eigenvalue weighted by Gasteiger charge is 2.29. The Morgan fingerprint density at radius 3 is 2.47 bits per heavy atom. The predicted molar refractivity (Wildman–Crippen MR) is 129 cm³/mol. The van der Waals surface area contributed by atoms with Gasteiger partial charge in [-0.15, -0.1) is 24.0 Å². The summed E-state index contributed by atoms with van der Waals surface area (Å²) in [6.45, 7) is 5.24. The van der Waals surface area contributed by atoms with E-state index in [1.54, 1.807) is 34.8 Å². The number of hydrogen-bond donors (Lipinski definition) is 2. The molecule has 0 atom stereocenters. The first-order valence-electron chi connectivity index (χ1n) is 10.0. The number of benzene rings is 1. The van der Waals surface area contributed by atoms with E-state index in [9.17, 15) is 8.42 Å². The zero-order valence-corrected chi connectivity index (χ0v) is 20.6. The largest absolute Gasteiger partial charge is 0.357 e. The normalized spacial score (nSPS) is 16.1. The molecule has 1 aliphatic heterocycles. The maximum absolute atomic E-state index is 12.7. The van der Waals surface area contributed by atoms with E-state index < -0.39 is 10.0 Å². The quantitative estimate of drug-likeness (QED) is 0.316. The first-order valence-corrected chi connectivity index (χ1v) is 11.5. The molecule has 0 aliphatic carbocycles. The summed E-state index contributed by atoms with van der Waals surface area (Å²) in [5.41, 5.74) is 1.04. The van der Waals surface area contributed by atoms with Gasteiger partial charge in [-0.2, -0.15) is 9.40 Å². The molecule has 30 heavy (non-hydrogen) atoms. The van der Waals surface area contributed by atoms with E-state index in [-0.39, 0.29) is 24.0 Å². The van der Waals surface area contributed by atoms with Gasteiger partial charge in [0, 0.05) is 39.4 Å². The van der Waals surface area contributed by atoms with Crippen LogP contribution < -0.4 is 10.6 Å². The van der Waals surface area contributed by atoms with Crippen LogP contribution in [-0.2, 0) is 23.6 Å². The van der Waals surface area contributed by atoms with Crippen molar-refractivity contribution in [2.45, 2.75) is 31.2 Å². The van der Waals surface area contributed by atoms with Crippen molar-refractivity contribution in [1.82, 2.24) is 24.7 Å². The molecule has 0 unspecified atom stereocenters. The fourth-order valence-corrected chi connectivity index (χ4v) is 4.89. The average molecular weight is 546 g/mol. The van der Waals surface area contributed by atoms with Gasteiger partial charge in [0.1, 0.15) is 0 Å². The molecule has 0 saturated carbocycles. The van der Waals surface area contributed by atoms with Crippen LogP contribution >= 0.6 is 24.0 Å². The Balaban J connectivity index is 0.00000320. The molecule has 0 amide bonds. The minimum atomic E-state index is -3.39. The minimum Gasteiger partial charge on any atom is -0.357 e. The van der Waals surface area contributed by atoms with Crippen molar-refractivity contribution in [3.63, 3.8) is 0 Å². The van der Waals surface area contributed by atoms with E-state index in [2.05, 4.69) is 20.7 Å². The van der Waals surface area contributed by atoms with Crippen molar-refractivity contribution in [2.24, 2.45) is 18.0 Å². The van der Waals surface area contributed by atoms with Crippen molar-refractivity contribution in [1.29, 1.82) is 0 Å². The third-order valence-corrected chi connectivity index (χ3v) is 7.09. The number of rotatable bonds is 7. The van der Waals surface area contributed by atoms with Crippen LogP contribution in [0.25, 0.3) is 0 Å². The van der Waals surface area contributed by atoms with E-state index in [1.165, 1.54) is 0 Å². The number of halogens is 1. The summed E-state index contributed by atoms with van der Waals surface area (Å²) in [4.78, 5) is 4.99. The van der Waals surface area contributed by atoms with Gasteiger partial charge in [-0.05, 0) is 43.9 Å². The number of aryl methyl sites for hydroxylation is 1. The van der Waals surface area contributed by atoms with E-state index in [1.807, 2.05) is 30.8 Å². The van der Waals surface area contributed by atoms with E-state index in [4.69, 9.17) is 0 Å². The molecule has 1 fully saturated rings. The number of aliphatic imine (C=N–C) groups is 1. The van der Waals surface area contributed by atoms with Gasteiger partial charge < -0.3 is 10.6 Å². The van der Waals surface area contributed by atoms with Crippen LogP contribution in [0.3, 0.4) is 0 Å². The molecule has 1 aromatic carbocycles. The maximum atomic E-state index is 12.7. The smallest absolute Gasteiger partial charge is 0.243 e. The molecule has 0 radical (unpaired) electrons. The summed E-state index contributed by atoms with van der Waals surface area (Å²) in [5, 5.41) is 10.8. The molecule has 1 saturated heterocycles. The minimum absolute atomic E-state index is 0. The molecule has 2 heterocycles. The van der Waals surface area contributed by atoms with Crippen molar-refractivity contribution in [2.75, 3.05) is 26.2 Å². The molecule has 2 N–H and O–H groups in total. The first kappa shape index (κ1) is 24.6. The van der Waals surface area contributed by atoms with Crippen LogP contribution in [0.5, 0.6) is 0 Å². The van der Waals surface area contributed by atoms with Crippen molar-refractivity contribution >= 4 is 40.0 Å². The topological polar surface area (TPSA) is 91.6 Å². The van der Waals surface area contributed by atoms with Gasteiger partial charge in [-0.3, -0.25) is 4.68 Å². The highest BCUT2D eigenvalue weighted by molar-refractivity contribution is 14.0. The van der Waals surface area contributed by atoms with E-state index in [0.717, 1.165) is 37.6 Å². The van der Waals surface area contributed by atoms with Gasteiger partial charge in [0.15, 0.2) is 5.96 Å². The Bertz CT molecular complexity index is 908. The molecule has 1 aromatic heterocycles. The van der Waals surface area contributed by atoms with Gasteiger partial charge in [0.25, 0.3) is 0 Å². The first-order chi connectivity index (χ1) is 14.0. The Labute approximate surface area is 196 Å². The van der Waals surface area contributed by atoms with Gasteiger partial charge in [-0.25, -0.2) is 13.4 Å². The molecule has 0 bridgehead atoms. The maximum Gasteiger partial charge on any atom is 0.243 e. The third kappa shape index (κ3) is 6.42. The molecule has 0 spiro atoms. The number of nitrogens with one attached hydrogen (secondary N) is 2. The average Bonchev–Trinajstić information content (AvgIpc) is 3.16. The molecule has 10 heteroatoms. The molecular weight excluding hydrogens is 515 g/mol. The SMILES string of the molecule is CCNC(=NCc1ccnn1C)NCC1CCN(S(=O)(=O)c2ccccc2)CC1.I. The van der Waals surface area contributed by atoms with Crippen LogP contribution in [0.15, 0.2) is 52.5 Å². The second kappa shape index (κ2) is 11.7. The molecule has 166 valence electrons. The Hall–Kier alpha value is -1.66. The van der Waals surface area contributed by atoms with E-state index in [0.29, 0.717) is 30.4 Å². The highest BCUT2D eigenvalue weighted by atomic mass is 127. The lowest BCUT2D eigenvalue weighted by Gasteiger charge is -2.31. The standard InChI is InChI=1S/C20H30N6O2S.HI/c1-3-21-20(23-16-18-9-12-24-25(18)2)22-15-17-10-13-26(14-11-17)29(27,28)19-7-5-4-6-8-19;/h4-9,12,17H,3,10-11,13-16H2,1-2H3,(H2,21,22,23);1H. The lowest BCUT2D eigenvalue weighted by Crippen LogP contribution is -2.44. The van der Waals surface area contributed by atoms with Gasteiger partial charge in [0.2, 0.25) is 10.0 Å². The van der Waals surface area contributed by atoms with Crippen molar-refractivity contribution in [3.8, 4) is 0 Å².